The Morgan fingerprint density at radius 2 is 1.57 bits per heavy atom. The summed E-state index contributed by atoms with van der Waals surface area (Å²) >= 11 is 0. The van der Waals surface area contributed by atoms with E-state index in [-0.39, 0.29) is 5.56 Å². The average molecular weight is 373 g/mol. The molecule has 5 heteroatoms. The molecule has 1 heterocycles. The molecule has 28 heavy (non-hydrogen) atoms. The first-order valence-electron chi connectivity index (χ1n) is 9.00. The molecule has 5 nitrogen and oxygen atoms in total. The van der Waals surface area contributed by atoms with Crippen molar-refractivity contribution in [1.82, 2.24) is 5.16 Å². The highest BCUT2D eigenvalue weighted by Gasteiger charge is 2.06. The van der Waals surface area contributed by atoms with Crippen molar-refractivity contribution in [3.05, 3.63) is 101 Å². The summed E-state index contributed by atoms with van der Waals surface area (Å²) in [5, 5.41) is 2.28. The van der Waals surface area contributed by atoms with Crippen molar-refractivity contribution < 1.29 is 14.0 Å². The Morgan fingerprint density at radius 1 is 0.821 bits per heavy atom. The van der Waals surface area contributed by atoms with Crippen LogP contribution < -0.4 is 15.0 Å². The van der Waals surface area contributed by atoms with Crippen molar-refractivity contribution >= 4 is 0 Å². The first-order chi connectivity index (χ1) is 13.8. The highest BCUT2D eigenvalue weighted by Crippen LogP contribution is 2.26. The van der Waals surface area contributed by atoms with E-state index >= 15 is 0 Å². The van der Waals surface area contributed by atoms with E-state index in [4.69, 9.17) is 14.0 Å². The Hall–Kier alpha value is -3.73. The van der Waals surface area contributed by atoms with Gasteiger partial charge in [0.05, 0.1) is 12.7 Å². The number of H-pyrrole nitrogens is 1. The van der Waals surface area contributed by atoms with E-state index < -0.39 is 0 Å². The van der Waals surface area contributed by atoms with Crippen LogP contribution in [0.3, 0.4) is 0 Å². The summed E-state index contributed by atoms with van der Waals surface area (Å²) < 4.78 is 16.9. The Morgan fingerprint density at radius 3 is 2.32 bits per heavy atom. The highest BCUT2D eigenvalue weighted by atomic mass is 16.5. The average Bonchev–Trinajstić information content (AvgIpc) is 3.17. The molecule has 0 fully saturated rings. The van der Waals surface area contributed by atoms with Crippen molar-refractivity contribution in [3.63, 3.8) is 0 Å². The van der Waals surface area contributed by atoms with Crippen molar-refractivity contribution in [2.45, 2.75) is 6.42 Å². The second kappa shape index (κ2) is 8.31. The Labute approximate surface area is 162 Å². The molecular formula is C23H19NO4. The van der Waals surface area contributed by atoms with Gasteiger partial charge in [0.2, 0.25) is 0 Å². The van der Waals surface area contributed by atoms with E-state index in [1.54, 1.807) is 0 Å². The SMILES string of the molecule is O=c1cc(-c2ccc(OCCc3ccccc3Oc3ccccc3)cc2)o[nH]1. The summed E-state index contributed by atoms with van der Waals surface area (Å²) in [5.74, 6) is 2.89. The zero-order valence-electron chi connectivity index (χ0n) is 15.1. The summed E-state index contributed by atoms with van der Waals surface area (Å²) in [6.45, 7) is 0.522. The predicted octanol–water partition coefficient (Wildman–Crippen LogP) is 5.05. The number of ether oxygens (including phenoxy) is 2. The van der Waals surface area contributed by atoms with Crippen LogP contribution in [0, 0.1) is 0 Å². The number of aromatic amines is 1. The molecule has 0 saturated carbocycles. The molecule has 0 aliphatic heterocycles. The molecule has 0 aliphatic carbocycles. The maximum absolute atomic E-state index is 11.2. The molecule has 0 spiro atoms. The maximum Gasteiger partial charge on any atom is 0.280 e. The van der Waals surface area contributed by atoms with Gasteiger partial charge in [0.15, 0.2) is 5.76 Å². The van der Waals surface area contributed by atoms with E-state index in [0.717, 1.165) is 34.8 Å². The normalized spacial score (nSPS) is 10.6. The van der Waals surface area contributed by atoms with Gasteiger partial charge in [-0.05, 0) is 48.0 Å². The van der Waals surface area contributed by atoms with E-state index in [0.29, 0.717) is 12.4 Å². The number of benzene rings is 3. The van der Waals surface area contributed by atoms with Gasteiger partial charge in [-0.3, -0.25) is 4.79 Å². The van der Waals surface area contributed by atoms with Gasteiger partial charge in [0, 0.05) is 12.0 Å². The minimum absolute atomic E-state index is 0.258. The fraction of sp³-hybridized carbons (Fsp3) is 0.0870. The fourth-order valence-electron chi connectivity index (χ4n) is 2.85. The third kappa shape index (κ3) is 4.32. The molecule has 3 aromatic carbocycles. The first kappa shape index (κ1) is 17.7. The van der Waals surface area contributed by atoms with Gasteiger partial charge >= 0.3 is 0 Å². The van der Waals surface area contributed by atoms with Crippen LogP contribution in [0.5, 0.6) is 17.2 Å². The van der Waals surface area contributed by atoms with Gasteiger partial charge in [0.25, 0.3) is 5.56 Å². The summed E-state index contributed by atoms with van der Waals surface area (Å²) in [4.78, 5) is 11.2. The number of hydrogen-bond acceptors (Lipinski definition) is 4. The summed E-state index contributed by atoms with van der Waals surface area (Å²) in [6.07, 6.45) is 0.720. The van der Waals surface area contributed by atoms with E-state index in [9.17, 15) is 4.79 Å². The molecule has 4 rings (SSSR count). The van der Waals surface area contributed by atoms with Crippen LogP contribution >= 0.6 is 0 Å². The highest BCUT2D eigenvalue weighted by molar-refractivity contribution is 5.57. The third-order valence-electron chi connectivity index (χ3n) is 4.25. The number of rotatable bonds is 7. The molecule has 0 atom stereocenters. The van der Waals surface area contributed by atoms with Gasteiger partial charge in [-0.1, -0.05) is 36.4 Å². The Balaban J connectivity index is 1.37. The standard InChI is InChI=1S/C23H19NO4/c25-23-16-22(28-24-23)18-10-12-19(13-11-18)26-15-14-17-6-4-5-9-21(17)27-20-7-2-1-3-8-20/h1-13,16H,14-15H2,(H,24,25). The number of aromatic nitrogens is 1. The lowest BCUT2D eigenvalue weighted by Crippen LogP contribution is -2.02. The monoisotopic (exact) mass is 373 g/mol. The molecule has 1 aromatic heterocycles. The molecule has 1 N–H and O–H groups in total. The number of para-hydroxylation sites is 2. The van der Waals surface area contributed by atoms with Gasteiger partial charge in [-0.15, -0.1) is 0 Å². The summed E-state index contributed by atoms with van der Waals surface area (Å²) in [6, 6.07) is 26.5. The fourth-order valence-corrected chi connectivity index (χ4v) is 2.85. The first-order valence-corrected chi connectivity index (χ1v) is 9.00. The molecule has 0 bridgehead atoms. The maximum atomic E-state index is 11.2. The lowest BCUT2D eigenvalue weighted by Gasteiger charge is -2.12. The largest absolute Gasteiger partial charge is 0.493 e. The topological polar surface area (TPSA) is 64.5 Å². The molecule has 0 aliphatic rings. The van der Waals surface area contributed by atoms with Crippen molar-refractivity contribution in [2.24, 2.45) is 0 Å². The summed E-state index contributed by atoms with van der Waals surface area (Å²) in [5.41, 5.74) is 1.64. The van der Waals surface area contributed by atoms with Gasteiger partial charge in [0.1, 0.15) is 17.2 Å². The Kier molecular flexibility index (Phi) is 5.24. The minimum atomic E-state index is -0.258. The molecule has 140 valence electrons. The van der Waals surface area contributed by atoms with Crippen LogP contribution in [0.4, 0.5) is 0 Å². The summed E-state index contributed by atoms with van der Waals surface area (Å²) in [7, 11) is 0. The zero-order chi connectivity index (χ0) is 19.2. The zero-order valence-corrected chi connectivity index (χ0v) is 15.1. The van der Waals surface area contributed by atoms with Crippen molar-refractivity contribution in [1.29, 1.82) is 0 Å². The molecule has 0 radical (unpaired) electrons. The smallest absolute Gasteiger partial charge is 0.280 e. The molecule has 4 aromatic rings. The lowest BCUT2D eigenvalue weighted by molar-refractivity contribution is 0.320. The molecule has 0 amide bonds. The van der Waals surface area contributed by atoms with Crippen LogP contribution in [0.1, 0.15) is 5.56 Å². The van der Waals surface area contributed by atoms with Gasteiger partial charge in [-0.25, -0.2) is 0 Å². The minimum Gasteiger partial charge on any atom is -0.493 e. The predicted molar refractivity (Wildman–Crippen MR) is 107 cm³/mol. The second-order valence-corrected chi connectivity index (χ2v) is 6.22. The van der Waals surface area contributed by atoms with Gasteiger partial charge < -0.3 is 14.0 Å². The quantitative estimate of drug-likeness (QED) is 0.492. The van der Waals surface area contributed by atoms with Crippen LogP contribution in [-0.4, -0.2) is 11.8 Å². The van der Waals surface area contributed by atoms with E-state index in [2.05, 4.69) is 5.16 Å². The van der Waals surface area contributed by atoms with Crippen molar-refractivity contribution in [2.75, 3.05) is 6.61 Å². The number of hydrogen-bond donors (Lipinski definition) is 1. The molecular weight excluding hydrogens is 354 g/mol. The van der Waals surface area contributed by atoms with E-state index in [1.807, 2.05) is 78.9 Å². The van der Waals surface area contributed by atoms with Gasteiger partial charge in [-0.2, -0.15) is 5.16 Å². The van der Waals surface area contributed by atoms with Crippen LogP contribution in [0.2, 0.25) is 0 Å². The lowest BCUT2D eigenvalue weighted by atomic mass is 10.1. The van der Waals surface area contributed by atoms with E-state index in [1.165, 1.54) is 6.07 Å². The van der Waals surface area contributed by atoms with Crippen LogP contribution in [0.15, 0.2) is 94.2 Å². The molecule has 0 unspecified atom stereocenters. The number of nitrogens with one attached hydrogen (secondary N) is 1. The molecule has 0 saturated heterocycles. The van der Waals surface area contributed by atoms with Crippen LogP contribution in [0.25, 0.3) is 11.3 Å². The third-order valence-corrected chi connectivity index (χ3v) is 4.25. The van der Waals surface area contributed by atoms with Crippen molar-refractivity contribution in [3.8, 4) is 28.6 Å². The second-order valence-electron chi connectivity index (χ2n) is 6.22. The Bertz CT molecular complexity index is 1080. The van der Waals surface area contributed by atoms with Crippen LogP contribution in [-0.2, 0) is 6.42 Å².